The average Bonchev–Trinajstić information content (AvgIpc) is 3.71. The van der Waals surface area contributed by atoms with Gasteiger partial charge in [-0.15, -0.1) is 0 Å². The molecule has 1 atom stereocenters. The molecule has 4 aromatic rings. The number of esters is 1. The number of rotatable bonds is 14. The van der Waals surface area contributed by atoms with E-state index in [2.05, 4.69) is 20.9 Å². The van der Waals surface area contributed by atoms with Crippen molar-refractivity contribution >= 4 is 28.4 Å². The molecule has 1 aromatic heterocycles. The van der Waals surface area contributed by atoms with Gasteiger partial charge in [-0.05, 0) is 71.7 Å². The minimum Gasteiger partial charge on any atom is -0.494 e. The number of aromatic nitrogens is 2. The van der Waals surface area contributed by atoms with Crippen LogP contribution < -0.4 is 15.4 Å². The quantitative estimate of drug-likeness (QED) is 0.118. The highest BCUT2D eigenvalue weighted by atomic mass is 16.8. The highest BCUT2D eigenvalue weighted by Gasteiger charge is 2.27. The van der Waals surface area contributed by atoms with E-state index in [4.69, 9.17) is 18.9 Å². The third-order valence-corrected chi connectivity index (χ3v) is 7.05. The lowest BCUT2D eigenvalue weighted by Crippen LogP contribution is -2.32. The zero-order valence-electron chi connectivity index (χ0n) is 23.0. The highest BCUT2D eigenvalue weighted by molar-refractivity contribution is 5.93. The highest BCUT2D eigenvalue weighted by Crippen LogP contribution is 2.29. The SMILES string of the molecule is CO[N+](=O)c1ccc(NCCCOc2ccc(CNC(C(=O)OC3CCCC3)c3ccccc3)cc2)c2nonc12. The molecule has 0 bridgehead atoms. The molecule has 1 fully saturated rings. The van der Waals surface area contributed by atoms with E-state index in [0.717, 1.165) is 49.0 Å². The molecule has 1 aliphatic carbocycles. The summed E-state index contributed by atoms with van der Waals surface area (Å²) in [7, 11) is 1.28. The van der Waals surface area contributed by atoms with Crippen molar-refractivity contribution in [2.75, 3.05) is 25.6 Å². The van der Waals surface area contributed by atoms with E-state index >= 15 is 0 Å². The van der Waals surface area contributed by atoms with Crippen molar-refractivity contribution in [2.45, 2.75) is 50.8 Å². The maximum Gasteiger partial charge on any atom is 0.348 e. The number of ether oxygens (including phenoxy) is 2. The van der Waals surface area contributed by atoms with Gasteiger partial charge in [-0.3, -0.25) is 5.32 Å². The van der Waals surface area contributed by atoms with Gasteiger partial charge in [-0.25, -0.2) is 14.3 Å². The summed E-state index contributed by atoms with van der Waals surface area (Å²) in [5.41, 5.74) is 3.61. The van der Waals surface area contributed by atoms with Crippen LogP contribution in [0.15, 0.2) is 71.4 Å². The number of carbonyl (C=O) groups is 1. The van der Waals surface area contributed by atoms with Crippen LogP contribution in [0, 0.1) is 4.91 Å². The Hall–Kier alpha value is -4.51. The number of hydrogen-bond donors (Lipinski definition) is 2. The number of fused-ring (bicyclic) bond motifs is 1. The predicted octanol–water partition coefficient (Wildman–Crippen LogP) is 5.39. The Morgan fingerprint density at radius 2 is 1.78 bits per heavy atom. The average molecular weight is 561 g/mol. The first-order chi connectivity index (χ1) is 20.1. The first kappa shape index (κ1) is 28.0. The molecule has 11 nitrogen and oxygen atoms in total. The zero-order valence-corrected chi connectivity index (χ0v) is 23.0. The second-order valence-electron chi connectivity index (χ2n) is 9.87. The third kappa shape index (κ3) is 7.17. The molecule has 2 N–H and O–H groups in total. The molecule has 3 aromatic carbocycles. The Kier molecular flexibility index (Phi) is 9.37. The Morgan fingerprint density at radius 3 is 2.54 bits per heavy atom. The van der Waals surface area contributed by atoms with Gasteiger partial charge in [0.15, 0.2) is 12.6 Å². The largest absolute Gasteiger partial charge is 0.494 e. The molecular weight excluding hydrogens is 526 g/mol. The van der Waals surface area contributed by atoms with Crippen molar-refractivity contribution in [3.05, 3.63) is 82.8 Å². The molecule has 214 valence electrons. The van der Waals surface area contributed by atoms with Gasteiger partial charge in [0.1, 0.15) is 17.9 Å². The summed E-state index contributed by atoms with van der Waals surface area (Å²) < 4.78 is 16.5. The third-order valence-electron chi connectivity index (χ3n) is 7.05. The van der Waals surface area contributed by atoms with Crippen molar-refractivity contribution in [1.82, 2.24) is 15.6 Å². The molecule has 1 saturated carbocycles. The molecule has 11 heteroatoms. The smallest absolute Gasteiger partial charge is 0.348 e. The van der Waals surface area contributed by atoms with Crippen LogP contribution in [-0.2, 0) is 20.9 Å². The van der Waals surface area contributed by atoms with Gasteiger partial charge < -0.3 is 14.8 Å². The summed E-state index contributed by atoms with van der Waals surface area (Å²) in [6.45, 7) is 1.64. The van der Waals surface area contributed by atoms with Crippen LogP contribution in [0.5, 0.6) is 5.75 Å². The van der Waals surface area contributed by atoms with Crippen molar-refractivity contribution in [2.24, 2.45) is 0 Å². The van der Waals surface area contributed by atoms with E-state index in [0.29, 0.717) is 41.3 Å². The Labute approximate surface area is 237 Å². The van der Waals surface area contributed by atoms with Gasteiger partial charge in [-0.2, -0.15) is 0 Å². The number of benzene rings is 3. The van der Waals surface area contributed by atoms with E-state index < -0.39 is 6.04 Å². The second kappa shape index (κ2) is 13.7. The van der Waals surface area contributed by atoms with Crippen LogP contribution in [0.4, 0.5) is 11.4 Å². The topological polar surface area (TPSA) is 128 Å². The normalized spacial score (nSPS) is 14.1. The minimum atomic E-state index is -0.523. The van der Waals surface area contributed by atoms with Crippen LogP contribution in [0.3, 0.4) is 0 Å². The molecule has 0 saturated heterocycles. The summed E-state index contributed by atoms with van der Waals surface area (Å²) in [5, 5.41) is 14.4. The molecular formula is C30H34N5O6+. The summed E-state index contributed by atoms with van der Waals surface area (Å²) in [6.07, 6.45) is 4.86. The van der Waals surface area contributed by atoms with Crippen molar-refractivity contribution in [3.63, 3.8) is 0 Å². The van der Waals surface area contributed by atoms with E-state index in [1.54, 1.807) is 12.1 Å². The van der Waals surface area contributed by atoms with Crippen LogP contribution >= 0.6 is 0 Å². The van der Waals surface area contributed by atoms with Crippen LogP contribution in [0.25, 0.3) is 11.0 Å². The van der Waals surface area contributed by atoms with Crippen LogP contribution in [0.2, 0.25) is 0 Å². The zero-order chi connectivity index (χ0) is 28.4. The number of anilines is 1. The van der Waals surface area contributed by atoms with E-state index in [1.165, 1.54) is 7.11 Å². The molecule has 41 heavy (non-hydrogen) atoms. The first-order valence-electron chi connectivity index (χ1n) is 13.8. The Balaban J connectivity index is 1.08. The number of nitrogens with zero attached hydrogens (tertiary/aromatic N) is 3. The fourth-order valence-electron chi connectivity index (χ4n) is 4.87. The fraction of sp³-hybridized carbons (Fsp3) is 0.367. The number of nitrogens with one attached hydrogen (secondary N) is 2. The lowest BCUT2D eigenvalue weighted by molar-refractivity contribution is -0.735. The number of hydrogen-bond acceptors (Lipinski definition) is 10. The van der Waals surface area contributed by atoms with Gasteiger partial charge in [0.05, 0.1) is 17.2 Å². The molecule has 0 aliphatic heterocycles. The van der Waals surface area contributed by atoms with Gasteiger partial charge >= 0.3 is 11.7 Å². The summed E-state index contributed by atoms with van der Waals surface area (Å²) >= 11 is 0. The molecule has 0 amide bonds. The van der Waals surface area contributed by atoms with Gasteiger partial charge in [0.25, 0.3) is 4.92 Å². The second-order valence-corrected chi connectivity index (χ2v) is 9.87. The minimum absolute atomic E-state index is 0.0219. The molecule has 1 unspecified atom stereocenters. The lowest BCUT2D eigenvalue weighted by Gasteiger charge is -2.21. The van der Waals surface area contributed by atoms with E-state index in [1.807, 2.05) is 54.6 Å². The van der Waals surface area contributed by atoms with Gasteiger partial charge in [0, 0.05) is 19.2 Å². The lowest BCUT2D eigenvalue weighted by atomic mass is 10.1. The van der Waals surface area contributed by atoms with Crippen LogP contribution in [-0.4, -0.2) is 47.6 Å². The van der Waals surface area contributed by atoms with Gasteiger partial charge in [0.2, 0.25) is 5.52 Å². The Morgan fingerprint density at radius 1 is 1.02 bits per heavy atom. The summed E-state index contributed by atoms with van der Waals surface area (Å²) in [6, 6.07) is 20.3. The number of carbonyl (C=O) groups excluding carboxylic acids is 1. The standard InChI is InChI=1S/C30H34N5O6/c1-38-35(37)26-17-16-25(28-29(26)34-41-33-28)31-18-7-19-39-23-14-12-21(13-15-23)20-32-27(22-8-3-2-4-9-22)30(36)40-24-10-5-6-11-24/h2-4,8-9,12-17,24,27,31-32H,5-7,10-11,18-20H2,1H3/q+1. The predicted molar refractivity (Wildman–Crippen MR) is 152 cm³/mol. The maximum atomic E-state index is 13.0. The van der Waals surface area contributed by atoms with E-state index in [-0.39, 0.29) is 17.8 Å². The maximum absolute atomic E-state index is 13.0. The molecule has 5 rings (SSSR count). The molecule has 1 heterocycles. The van der Waals surface area contributed by atoms with Gasteiger partial charge in [-0.1, -0.05) is 42.5 Å². The monoisotopic (exact) mass is 560 g/mol. The van der Waals surface area contributed by atoms with Crippen LogP contribution in [0.1, 0.15) is 49.3 Å². The first-order valence-corrected chi connectivity index (χ1v) is 13.8. The summed E-state index contributed by atoms with van der Waals surface area (Å²) in [4.78, 5) is 29.9. The molecule has 1 aliphatic rings. The fourth-order valence-corrected chi connectivity index (χ4v) is 4.87. The Bertz CT molecular complexity index is 1440. The molecule has 0 spiro atoms. The van der Waals surface area contributed by atoms with Crippen molar-refractivity contribution < 1.29 is 28.7 Å². The molecule has 0 radical (unpaired) electrons. The van der Waals surface area contributed by atoms with Crippen molar-refractivity contribution in [3.8, 4) is 5.75 Å². The van der Waals surface area contributed by atoms with Crippen molar-refractivity contribution in [1.29, 1.82) is 0 Å². The summed E-state index contributed by atoms with van der Waals surface area (Å²) in [5.74, 6) is 0.534. The van der Waals surface area contributed by atoms with E-state index in [9.17, 15) is 9.70 Å².